The first-order chi connectivity index (χ1) is 7.95. The summed E-state index contributed by atoms with van der Waals surface area (Å²) in [5.74, 6) is 1.54. The minimum atomic E-state index is -0.407. The van der Waals surface area contributed by atoms with Gasteiger partial charge in [-0.2, -0.15) is 25.3 Å². The van der Waals surface area contributed by atoms with Crippen LogP contribution in [-0.4, -0.2) is 49.4 Å². The lowest BCUT2D eigenvalue weighted by Crippen LogP contribution is -2.64. The Balaban J connectivity index is 4.35. The molecule has 0 unspecified atom stereocenters. The summed E-state index contributed by atoms with van der Waals surface area (Å²) in [6.45, 7) is 6.68. The Morgan fingerprint density at radius 1 is 1.18 bits per heavy atom. The highest BCUT2D eigenvalue weighted by Gasteiger charge is 2.28. The Hall–Kier alpha value is 0.540. The molecular formula is C11H28N4S2. The van der Waals surface area contributed by atoms with E-state index in [-0.39, 0.29) is 5.54 Å². The topological polar surface area (TPSA) is 62.1 Å². The van der Waals surface area contributed by atoms with Crippen molar-refractivity contribution in [3.63, 3.8) is 0 Å². The van der Waals surface area contributed by atoms with E-state index in [1.54, 1.807) is 0 Å². The van der Waals surface area contributed by atoms with Gasteiger partial charge in [0, 0.05) is 24.4 Å². The standard InChI is InChI=1S/C11H28N4S2/c1-4-14-10(2,9-17)7-15-11(12,5-6-16)8-13-3/h13-17H,4-9,12H2,1-3H3/t10-,11+/m0/s1. The molecule has 0 aromatic heterocycles. The summed E-state index contributed by atoms with van der Waals surface area (Å²) in [5.41, 5.74) is 5.86. The summed E-state index contributed by atoms with van der Waals surface area (Å²) in [5, 5.41) is 9.98. The molecule has 0 amide bonds. The van der Waals surface area contributed by atoms with Crippen molar-refractivity contribution in [2.24, 2.45) is 5.73 Å². The first-order valence-electron chi connectivity index (χ1n) is 6.10. The van der Waals surface area contributed by atoms with Crippen LogP contribution in [0, 0.1) is 0 Å². The highest BCUT2D eigenvalue weighted by Crippen LogP contribution is 2.09. The Morgan fingerprint density at radius 2 is 1.82 bits per heavy atom. The Labute approximate surface area is 117 Å². The monoisotopic (exact) mass is 280 g/mol. The van der Waals surface area contributed by atoms with E-state index in [4.69, 9.17) is 5.73 Å². The molecule has 17 heavy (non-hydrogen) atoms. The Bertz CT molecular complexity index is 198. The van der Waals surface area contributed by atoms with Crippen molar-refractivity contribution in [2.75, 3.05) is 38.2 Å². The van der Waals surface area contributed by atoms with Gasteiger partial charge in [0.05, 0.1) is 5.66 Å². The van der Waals surface area contributed by atoms with Crippen molar-refractivity contribution in [3.8, 4) is 0 Å². The van der Waals surface area contributed by atoms with Crippen LogP contribution in [0.25, 0.3) is 0 Å². The number of thiol groups is 2. The van der Waals surface area contributed by atoms with Crippen LogP contribution in [0.3, 0.4) is 0 Å². The molecule has 104 valence electrons. The second-order valence-corrected chi connectivity index (χ2v) is 5.53. The maximum absolute atomic E-state index is 6.30. The summed E-state index contributed by atoms with van der Waals surface area (Å²) >= 11 is 8.65. The second-order valence-electron chi connectivity index (χ2n) is 4.76. The zero-order valence-electron chi connectivity index (χ0n) is 11.2. The number of likely N-dealkylation sites (N-methyl/N-ethyl adjacent to an activating group) is 2. The number of hydrogen-bond donors (Lipinski definition) is 6. The molecule has 0 saturated heterocycles. The first-order valence-corrected chi connectivity index (χ1v) is 7.37. The van der Waals surface area contributed by atoms with E-state index < -0.39 is 5.66 Å². The van der Waals surface area contributed by atoms with Crippen LogP contribution in [0.5, 0.6) is 0 Å². The van der Waals surface area contributed by atoms with Crippen LogP contribution >= 0.6 is 25.3 Å². The normalized spacial score (nSPS) is 18.7. The molecule has 4 nitrogen and oxygen atoms in total. The van der Waals surface area contributed by atoms with Gasteiger partial charge in [0.2, 0.25) is 0 Å². The molecule has 0 spiro atoms. The Kier molecular flexibility index (Phi) is 8.88. The molecule has 5 N–H and O–H groups in total. The maximum atomic E-state index is 6.30. The predicted molar refractivity (Wildman–Crippen MR) is 83.3 cm³/mol. The summed E-state index contributed by atoms with van der Waals surface area (Å²) in [6.07, 6.45) is 0.825. The van der Waals surface area contributed by atoms with Crippen LogP contribution in [0.4, 0.5) is 0 Å². The number of nitrogens with one attached hydrogen (secondary N) is 3. The van der Waals surface area contributed by atoms with Gasteiger partial charge in [0.15, 0.2) is 0 Å². The lowest BCUT2D eigenvalue weighted by molar-refractivity contribution is 0.270. The summed E-state index contributed by atoms with van der Waals surface area (Å²) in [6, 6.07) is 0. The number of hydrogen-bond acceptors (Lipinski definition) is 6. The van der Waals surface area contributed by atoms with Crippen LogP contribution in [0.1, 0.15) is 20.3 Å². The van der Waals surface area contributed by atoms with Gasteiger partial charge in [-0.1, -0.05) is 6.92 Å². The average Bonchev–Trinajstić information content (AvgIpc) is 2.28. The van der Waals surface area contributed by atoms with Crippen molar-refractivity contribution in [1.29, 1.82) is 0 Å². The molecule has 0 aliphatic rings. The third-order valence-electron chi connectivity index (χ3n) is 2.83. The predicted octanol–water partition coefficient (Wildman–Crippen LogP) is 0.0683. The summed E-state index contributed by atoms with van der Waals surface area (Å²) < 4.78 is 0. The molecule has 0 aromatic rings. The second kappa shape index (κ2) is 8.61. The van der Waals surface area contributed by atoms with Crippen molar-refractivity contribution in [1.82, 2.24) is 16.0 Å². The minimum absolute atomic E-state index is 0.0349. The highest BCUT2D eigenvalue weighted by atomic mass is 32.1. The van der Waals surface area contributed by atoms with Gasteiger partial charge in [0.25, 0.3) is 0 Å². The SMILES string of the molecule is CCN[C@](C)(CS)CN[C@](N)(CCS)CNC. The van der Waals surface area contributed by atoms with Gasteiger partial charge in [-0.3, -0.25) is 5.32 Å². The zero-order chi connectivity index (χ0) is 13.4. The molecule has 0 radical (unpaired) electrons. The molecule has 0 aliphatic carbocycles. The van der Waals surface area contributed by atoms with Crippen molar-refractivity contribution >= 4 is 25.3 Å². The van der Waals surface area contributed by atoms with Crippen LogP contribution in [0.2, 0.25) is 0 Å². The molecule has 0 rings (SSSR count). The molecule has 2 atom stereocenters. The van der Waals surface area contributed by atoms with E-state index in [9.17, 15) is 0 Å². The van der Waals surface area contributed by atoms with E-state index in [2.05, 4.69) is 55.1 Å². The van der Waals surface area contributed by atoms with Gasteiger partial charge in [0.1, 0.15) is 0 Å². The van der Waals surface area contributed by atoms with Crippen molar-refractivity contribution in [2.45, 2.75) is 31.5 Å². The molecule has 6 heteroatoms. The van der Waals surface area contributed by atoms with Gasteiger partial charge in [-0.05, 0) is 32.7 Å². The van der Waals surface area contributed by atoms with E-state index in [1.807, 2.05) is 7.05 Å². The first kappa shape index (κ1) is 17.5. The van der Waals surface area contributed by atoms with E-state index in [0.29, 0.717) is 0 Å². The fourth-order valence-electron chi connectivity index (χ4n) is 1.73. The van der Waals surface area contributed by atoms with Gasteiger partial charge in [-0.15, -0.1) is 0 Å². The third-order valence-corrected chi connectivity index (χ3v) is 3.75. The van der Waals surface area contributed by atoms with Gasteiger partial charge in [-0.25, -0.2) is 0 Å². The highest BCUT2D eigenvalue weighted by molar-refractivity contribution is 7.80. The number of rotatable bonds is 10. The minimum Gasteiger partial charge on any atom is -0.317 e. The maximum Gasteiger partial charge on any atom is 0.0798 e. The lowest BCUT2D eigenvalue weighted by atomic mass is 10.0. The third kappa shape index (κ3) is 6.88. The van der Waals surface area contributed by atoms with E-state index >= 15 is 0 Å². The molecule has 0 aromatic carbocycles. The zero-order valence-corrected chi connectivity index (χ0v) is 13.0. The van der Waals surface area contributed by atoms with Crippen LogP contribution in [0.15, 0.2) is 0 Å². The number of nitrogens with two attached hydrogens (primary N) is 1. The Morgan fingerprint density at radius 3 is 2.24 bits per heavy atom. The fourth-order valence-corrected chi connectivity index (χ4v) is 2.35. The van der Waals surface area contributed by atoms with E-state index in [0.717, 1.165) is 37.6 Å². The molecule has 0 saturated carbocycles. The fraction of sp³-hybridized carbons (Fsp3) is 1.00. The average molecular weight is 281 g/mol. The van der Waals surface area contributed by atoms with Crippen molar-refractivity contribution in [3.05, 3.63) is 0 Å². The van der Waals surface area contributed by atoms with Crippen LogP contribution in [-0.2, 0) is 0 Å². The quantitative estimate of drug-likeness (QED) is 0.253. The van der Waals surface area contributed by atoms with E-state index in [1.165, 1.54) is 0 Å². The summed E-state index contributed by atoms with van der Waals surface area (Å²) in [4.78, 5) is 0. The van der Waals surface area contributed by atoms with Crippen molar-refractivity contribution < 1.29 is 0 Å². The molecule has 0 fully saturated rings. The summed E-state index contributed by atoms with van der Waals surface area (Å²) in [7, 11) is 1.91. The molecule has 0 bridgehead atoms. The largest absolute Gasteiger partial charge is 0.317 e. The van der Waals surface area contributed by atoms with Gasteiger partial charge < -0.3 is 16.4 Å². The lowest BCUT2D eigenvalue weighted by Gasteiger charge is -2.36. The molecular weight excluding hydrogens is 252 g/mol. The van der Waals surface area contributed by atoms with Gasteiger partial charge >= 0.3 is 0 Å². The van der Waals surface area contributed by atoms with Crippen LogP contribution < -0.4 is 21.7 Å². The molecule has 0 aliphatic heterocycles. The smallest absolute Gasteiger partial charge is 0.0798 e. The molecule has 0 heterocycles.